The summed E-state index contributed by atoms with van der Waals surface area (Å²) in [6.07, 6.45) is 0.455. The first-order valence-corrected chi connectivity index (χ1v) is 12.5. The normalized spacial score (nSPS) is 17.9. The Morgan fingerprint density at radius 3 is 2.55 bits per heavy atom. The highest BCUT2D eigenvalue weighted by Gasteiger charge is 2.40. The van der Waals surface area contributed by atoms with Crippen molar-refractivity contribution in [3.8, 4) is 22.5 Å². The maximum Gasteiger partial charge on any atom is 0.265 e. The molecule has 0 bridgehead atoms. The maximum absolute atomic E-state index is 14.3. The molecule has 0 N–H and O–H groups in total. The molecule has 2 amide bonds. The van der Waals surface area contributed by atoms with E-state index in [1.54, 1.807) is 40.8 Å². The van der Waals surface area contributed by atoms with Crippen molar-refractivity contribution in [1.29, 1.82) is 0 Å². The van der Waals surface area contributed by atoms with E-state index in [4.69, 9.17) is 4.98 Å². The molecule has 1 saturated heterocycles. The first-order chi connectivity index (χ1) is 18.1. The summed E-state index contributed by atoms with van der Waals surface area (Å²) in [7, 11) is 3.48. The molecule has 196 valence electrons. The largest absolute Gasteiger partial charge is 0.341 e. The topological polar surface area (TPSA) is 89.1 Å². The van der Waals surface area contributed by atoms with Crippen molar-refractivity contribution in [2.24, 2.45) is 7.05 Å². The minimum absolute atomic E-state index is 0.000156. The Hall–Kier alpha value is -4.15. The summed E-state index contributed by atoms with van der Waals surface area (Å²) in [6, 6.07) is 6.53. The van der Waals surface area contributed by atoms with Crippen LogP contribution in [0.1, 0.15) is 49.3 Å². The summed E-state index contributed by atoms with van der Waals surface area (Å²) in [5, 5.41) is 4.68. The molecular weight excluding hydrogens is 492 g/mol. The first kappa shape index (κ1) is 24.2. The number of imidazole rings is 1. The average molecular weight is 520 g/mol. The van der Waals surface area contributed by atoms with Crippen LogP contribution in [0.5, 0.6) is 0 Å². The number of likely N-dealkylation sites (tertiary alicyclic amines) is 1. The van der Waals surface area contributed by atoms with Crippen LogP contribution in [-0.4, -0.2) is 66.1 Å². The van der Waals surface area contributed by atoms with Crippen LogP contribution in [0, 0.1) is 0 Å². The minimum Gasteiger partial charge on any atom is -0.341 e. The van der Waals surface area contributed by atoms with Crippen molar-refractivity contribution in [1.82, 2.24) is 34.1 Å². The molecule has 0 spiro atoms. The number of rotatable bonds is 4. The van der Waals surface area contributed by atoms with Crippen LogP contribution in [-0.2, 0) is 23.2 Å². The van der Waals surface area contributed by atoms with Gasteiger partial charge in [-0.05, 0) is 19.1 Å². The van der Waals surface area contributed by atoms with E-state index in [1.165, 1.54) is 19.2 Å². The standard InChI is InChI=1S/C27H27F2N7O2/c1-14-27(38)33(3)13-22-24(32-26(36(14)22)17-11-35(12-17)15(2)37)18-6-5-7-21-19(18)8-20(25(28)29)23(31-21)16-9-30-34(4)10-16/h5-10,14,17,25H,11-13H2,1-4H3/t14-/m1/s1. The van der Waals surface area contributed by atoms with Gasteiger partial charge in [-0.25, -0.2) is 18.7 Å². The molecule has 0 unspecified atom stereocenters. The van der Waals surface area contributed by atoms with Gasteiger partial charge in [0.05, 0.1) is 41.3 Å². The first-order valence-electron chi connectivity index (χ1n) is 12.5. The lowest BCUT2D eigenvalue weighted by molar-refractivity contribution is -0.136. The smallest absolute Gasteiger partial charge is 0.265 e. The number of halogens is 2. The number of benzene rings is 1. The van der Waals surface area contributed by atoms with E-state index in [-0.39, 0.29) is 29.0 Å². The van der Waals surface area contributed by atoms with Crippen molar-refractivity contribution in [3.63, 3.8) is 0 Å². The molecule has 3 aromatic heterocycles. The number of carbonyl (C=O) groups excluding carboxylic acids is 2. The third kappa shape index (κ3) is 3.67. The number of aromatic nitrogens is 5. The molecule has 1 atom stereocenters. The zero-order chi connectivity index (χ0) is 26.9. The SMILES string of the molecule is CC(=O)N1CC(c2nc(-c3cccc4nc(-c5cnn(C)c5)c(C(F)F)cc34)c3n2[C@H](C)C(=O)N(C)C3)C1. The molecule has 11 heteroatoms. The summed E-state index contributed by atoms with van der Waals surface area (Å²) in [5.74, 6) is 0.713. The highest BCUT2D eigenvalue weighted by molar-refractivity contribution is 5.96. The second kappa shape index (κ2) is 8.71. The van der Waals surface area contributed by atoms with Gasteiger partial charge in [0.15, 0.2) is 0 Å². The Balaban J connectivity index is 1.55. The molecule has 6 rings (SSSR count). The molecule has 1 aromatic carbocycles. The summed E-state index contributed by atoms with van der Waals surface area (Å²) < 4.78 is 32.1. The van der Waals surface area contributed by atoms with Crippen LogP contribution in [0.15, 0.2) is 36.7 Å². The van der Waals surface area contributed by atoms with Crippen LogP contribution < -0.4 is 0 Å². The van der Waals surface area contributed by atoms with Gasteiger partial charge in [-0.15, -0.1) is 0 Å². The van der Waals surface area contributed by atoms with Crippen LogP contribution in [0.3, 0.4) is 0 Å². The summed E-state index contributed by atoms with van der Waals surface area (Å²) >= 11 is 0. The van der Waals surface area contributed by atoms with Gasteiger partial charge in [-0.1, -0.05) is 12.1 Å². The second-order valence-electron chi connectivity index (χ2n) is 10.1. The number of amides is 2. The van der Waals surface area contributed by atoms with Gasteiger partial charge in [0.1, 0.15) is 11.9 Å². The van der Waals surface area contributed by atoms with E-state index in [0.717, 1.165) is 11.5 Å². The molecule has 2 aliphatic rings. The van der Waals surface area contributed by atoms with Gasteiger partial charge >= 0.3 is 0 Å². The molecule has 0 saturated carbocycles. The number of alkyl halides is 2. The Morgan fingerprint density at radius 1 is 1.13 bits per heavy atom. The number of hydrogen-bond donors (Lipinski definition) is 0. The average Bonchev–Trinajstić information content (AvgIpc) is 3.44. The quantitative estimate of drug-likeness (QED) is 0.408. The number of hydrogen-bond acceptors (Lipinski definition) is 5. The van der Waals surface area contributed by atoms with E-state index in [9.17, 15) is 18.4 Å². The molecule has 9 nitrogen and oxygen atoms in total. The number of carbonyl (C=O) groups is 2. The van der Waals surface area contributed by atoms with Gasteiger partial charge < -0.3 is 14.4 Å². The second-order valence-corrected chi connectivity index (χ2v) is 10.1. The van der Waals surface area contributed by atoms with Crippen molar-refractivity contribution in [3.05, 3.63) is 53.7 Å². The Labute approximate surface area is 217 Å². The van der Waals surface area contributed by atoms with Crippen LogP contribution in [0.25, 0.3) is 33.4 Å². The van der Waals surface area contributed by atoms with Gasteiger partial charge in [-0.2, -0.15) is 5.10 Å². The lowest BCUT2D eigenvalue weighted by Crippen LogP contribution is -2.49. The van der Waals surface area contributed by atoms with Crippen molar-refractivity contribution >= 4 is 22.7 Å². The zero-order valence-corrected chi connectivity index (χ0v) is 21.5. The lowest BCUT2D eigenvalue weighted by atomic mass is 9.98. The highest BCUT2D eigenvalue weighted by atomic mass is 19.3. The summed E-state index contributed by atoms with van der Waals surface area (Å²) in [6.45, 7) is 4.78. The lowest BCUT2D eigenvalue weighted by Gasteiger charge is -2.40. The third-order valence-corrected chi connectivity index (χ3v) is 7.59. The number of fused-ring (bicyclic) bond motifs is 2. The molecule has 38 heavy (non-hydrogen) atoms. The predicted octanol–water partition coefficient (Wildman–Crippen LogP) is 3.92. The third-order valence-electron chi connectivity index (χ3n) is 7.59. The maximum atomic E-state index is 14.3. The fraction of sp³-hybridized carbons (Fsp3) is 0.370. The number of nitrogens with zero attached hydrogens (tertiary/aromatic N) is 7. The summed E-state index contributed by atoms with van der Waals surface area (Å²) in [4.78, 5) is 37.8. The fourth-order valence-corrected chi connectivity index (χ4v) is 5.56. The fourth-order valence-electron chi connectivity index (χ4n) is 5.56. The van der Waals surface area contributed by atoms with Crippen molar-refractivity contribution < 1.29 is 18.4 Å². The monoisotopic (exact) mass is 519 g/mol. The van der Waals surface area contributed by atoms with E-state index in [1.807, 2.05) is 23.6 Å². The zero-order valence-electron chi connectivity index (χ0n) is 21.5. The molecule has 0 radical (unpaired) electrons. The number of pyridine rings is 1. The molecule has 2 aliphatic heterocycles. The van der Waals surface area contributed by atoms with Crippen molar-refractivity contribution in [2.75, 3.05) is 20.1 Å². The van der Waals surface area contributed by atoms with E-state index in [2.05, 4.69) is 10.1 Å². The van der Waals surface area contributed by atoms with Gasteiger partial charge in [0, 0.05) is 62.4 Å². The Kier molecular flexibility index (Phi) is 5.55. The minimum atomic E-state index is -2.74. The van der Waals surface area contributed by atoms with Crippen molar-refractivity contribution in [2.45, 2.75) is 38.8 Å². The number of likely N-dealkylation sites (N-methyl/N-ethyl adjacent to an activating group) is 1. The Bertz CT molecular complexity index is 1600. The van der Waals surface area contributed by atoms with Crippen LogP contribution in [0.4, 0.5) is 8.78 Å². The predicted molar refractivity (Wildman–Crippen MR) is 136 cm³/mol. The van der Waals surface area contributed by atoms with Gasteiger partial charge in [0.2, 0.25) is 11.8 Å². The highest BCUT2D eigenvalue weighted by Crippen LogP contribution is 2.41. The van der Waals surface area contributed by atoms with Gasteiger partial charge in [0.25, 0.3) is 6.43 Å². The Morgan fingerprint density at radius 2 is 1.89 bits per heavy atom. The molecule has 0 aliphatic carbocycles. The molecule has 4 aromatic rings. The molecular formula is C27H27F2N7O2. The number of aryl methyl sites for hydroxylation is 1. The van der Waals surface area contributed by atoms with Crippen LogP contribution >= 0.6 is 0 Å². The molecule has 5 heterocycles. The van der Waals surface area contributed by atoms with Gasteiger partial charge in [-0.3, -0.25) is 14.3 Å². The van der Waals surface area contributed by atoms with Crippen LogP contribution in [0.2, 0.25) is 0 Å². The molecule has 1 fully saturated rings. The summed E-state index contributed by atoms with van der Waals surface area (Å²) in [5.41, 5.74) is 3.28. The van der Waals surface area contributed by atoms with E-state index < -0.39 is 12.5 Å². The van der Waals surface area contributed by atoms with E-state index in [0.29, 0.717) is 47.4 Å². The van der Waals surface area contributed by atoms with E-state index >= 15 is 0 Å².